The lowest BCUT2D eigenvalue weighted by molar-refractivity contribution is -0.128. The van der Waals surface area contributed by atoms with Crippen LogP contribution >= 0.6 is 11.8 Å². The van der Waals surface area contributed by atoms with Crippen LogP contribution in [-0.2, 0) is 16.8 Å². The van der Waals surface area contributed by atoms with Gasteiger partial charge in [0.1, 0.15) is 12.4 Å². The molecule has 3 aromatic carbocycles. The van der Waals surface area contributed by atoms with E-state index in [1.54, 1.807) is 0 Å². The maximum Gasteiger partial charge on any atom is 0.233 e. The van der Waals surface area contributed by atoms with E-state index in [-0.39, 0.29) is 17.9 Å². The van der Waals surface area contributed by atoms with Gasteiger partial charge in [-0.15, -0.1) is 10.2 Å². The number of nitrogens with zero attached hydrogens (tertiary/aromatic N) is 5. The number of para-hydroxylation sites is 2. The number of thioether (sulfide) groups is 1. The van der Waals surface area contributed by atoms with E-state index < -0.39 is 0 Å². The number of amides is 1. The summed E-state index contributed by atoms with van der Waals surface area (Å²) in [5.74, 6) is 1.90. The zero-order valence-electron chi connectivity index (χ0n) is 22.8. The van der Waals surface area contributed by atoms with Gasteiger partial charge in [0.2, 0.25) is 5.91 Å². The summed E-state index contributed by atoms with van der Waals surface area (Å²) in [4.78, 5) is 17.4. The topological polar surface area (TPSA) is 63.5 Å². The van der Waals surface area contributed by atoms with E-state index in [0.717, 1.165) is 24.5 Å². The Hall–Kier alpha value is -3.78. The molecular formula is C31H35N5O2S. The van der Waals surface area contributed by atoms with E-state index in [4.69, 9.17) is 4.74 Å². The molecular weight excluding hydrogens is 506 g/mol. The summed E-state index contributed by atoms with van der Waals surface area (Å²) in [5.41, 5.74) is 3.49. The average molecular weight is 542 g/mol. The second kappa shape index (κ2) is 11.9. The van der Waals surface area contributed by atoms with Crippen molar-refractivity contribution in [2.45, 2.75) is 37.9 Å². The first kappa shape index (κ1) is 26.8. The van der Waals surface area contributed by atoms with Gasteiger partial charge < -0.3 is 14.5 Å². The number of ether oxygens (including phenoxy) is 1. The fourth-order valence-electron chi connectivity index (χ4n) is 4.59. The second-order valence-electron chi connectivity index (χ2n) is 10.6. The van der Waals surface area contributed by atoms with E-state index in [1.165, 1.54) is 23.0 Å². The highest BCUT2D eigenvalue weighted by molar-refractivity contribution is 7.99. The molecule has 1 amide bonds. The number of hydrogen-bond donors (Lipinski definition) is 0. The smallest absolute Gasteiger partial charge is 0.233 e. The van der Waals surface area contributed by atoms with Gasteiger partial charge in [-0.2, -0.15) is 0 Å². The lowest BCUT2D eigenvalue weighted by Gasteiger charge is -2.36. The number of anilines is 1. The third kappa shape index (κ3) is 6.63. The number of hydrogen-bond acceptors (Lipinski definition) is 6. The summed E-state index contributed by atoms with van der Waals surface area (Å²) in [6.07, 6.45) is 0. The molecule has 7 nitrogen and oxygen atoms in total. The molecule has 0 atom stereocenters. The van der Waals surface area contributed by atoms with Crippen molar-refractivity contribution in [2.75, 3.05) is 36.8 Å². The highest BCUT2D eigenvalue weighted by atomic mass is 32.2. The van der Waals surface area contributed by atoms with Crippen LogP contribution in [0.1, 0.15) is 32.2 Å². The Balaban J connectivity index is 1.23. The maximum absolute atomic E-state index is 13.1. The standard InChI is InChI=1S/C31H35N5O2S/c1-31(2,3)24-14-16-27(17-15-24)38-22-28-32-33-30(36(28)26-12-8-5-9-13-26)39-23-29(37)35-20-18-34(19-21-35)25-10-6-4-7-11-25/h4-17H,18-23H2,1-3H3. The molecule has 39 heavy (non-hydrogen) atoms. The van der Waals surface area contributed by atoms with Gasteiger partial charge in [0, 0.05) is 37.6 Å². The molecule has 1 saturated heterocycles. The Morgan fingerprint density at radius 2 is 1.44 bits per heavy atom. The minimum absolute atomic E-state index is 0.0883. The van der Waals surface area contributed by atoms with Crippen molar-refractivity contribution in [1.29, 1.82) is 0 Å². The third-order valence-electron chi connectivity index (χ3n) is 6.88. The third-order valence-corrected chi connectivity index (χ3v) is 7.80. The highest BCUT2D eigenvalue weighted by Crippen LogP contribution is 2.26. The Morgan fingerprint density at radius 1 is 0.821 bits per heavy atom. The van der Waals surface area contributed by atoms with Gasteiger partial charge in [-0.05, 0) is 47.4 Å². The molecule has 0 aliphatic carbocycles. The van der Waals surface area contributed by atoms with Crippen molar-refractivity contribution in [1.82, 2.24) is 19.7 Å². The fourth-order valence-corrected chi connectivity index (χ4v) is 5.47. The van der Waals surface area contributed by atoms with Crippen molar-refractivity contribution in [3.8, 4) is 11.4 Å². The van der Waals surface area contributed by atoms with Crippen LogP contribution in [0.15, 0.2) is 90.1 Å². The molecule has 1 aromatic heterocycles. The molecule has 8 heteroatoms. The van der Waals surface area contributed by atoms with Crippen molar-refractivity contribution < 1.29 is 9.53 Å². The summed E-state index contributed by atoms with van der Waals surface area (Å²) in [6.45, 7) is 9.95. The molecule has 1 fully saturated rings. The molecule has 2 heterocycles. The van der Waals surface area contributed by atoms with Gasteiger partial charge in [0.15, 0.2) is 11.0 Å². The van der Waals surface area contributed by atoms with Crippen LogP contribution in [0.3, 0.4) is 0 Å². The molecule has 0 bridgehead atoms. The average Bonchev–Trinajstić information content (AvgIpc) is 3.38. The molecule has 0 saturated carbocycles. The largest absolute Gasteiger partial charge is 0.486 e. The molecule has 1 aliphatic rings. The number of aromatic nitrogens is 3. The van der Waals surface area contributed by atoms with Crippen LogP contribution in [0.25, 0.3) is 5.69 Å². The van der Waals surface area contributed by atoms with Gasteiger partial charge in [0.25, 0.3) is 0 Å². The van der Waals surface area contributed by atoms with Crippen LogP contribution in [0.5, 0.6) is 5.75 Å². The van der Waals surface area contributed by atoms with Crippen LogP contribution in [0.2, 0.25) is 0 Å². The summed E-state index contributed by atoms with van der Waals surface area (Å²) in [7, 11) is 0. The zero-order valence-corrected chi connectivity index (χ0v) is 23.6. The van der Waals surface area contributed by atoms with E-state index in [9.17, 15) is 4.79 Å². The van der Waals surface area contributed by atoms with E-state index in [2.05, 4.69) is 60.1 Å². The monoisotopic (exact) mass is 541 g/mol. The summed E-state index contributed by atoms with van der Waals surface area (Å²) in [5, 5.41) is 9.55. The highest BCUT2D eigenvalue weighted by Gasteiger charge is 2.23. The van der Waals surface area contributed by atoms with E-state index >= 15 is 0 Å². The number of carbonyl (C=O) groups excluding carboxylic acids is 1. The quantitative estimate of drug-likeness (QED) is 0.271. The lowest BCUT2D eigenvalue weighted by Crippen LogP contribution is -2.49. The summed E-state index contributed by atoms with van der Waals surface area (Å²) in [6, 6.07) is 28.5. The molecule has 5 rings (SSSR count). The maximum atomic E-state index is 13.1. The fraction of sp³-hybridized carbons (Fsp3) is 0.323. The predicted octanol–water partition coefficient (Wildman–Crippen LogP) is 5.58. The summed E-state index contributed by atoms with van der Waals surface area (Å²) < 4.78 is 8.07. The first-order valence-electron chi connectivity index (χ1n) is 13.3. The SMILES string of the molecule is CC(C)(C)c1ccc(OCc2nnc(SCC(=O)N3CCN(c4ccccc4)CC3)n2-c2ccccc2)cc1. The van der Waals surface area contributed by atoms with Gasteiger partial charge in [-0.3, -0.25) is 9.36 Å². The van der Waals surface area contributed by atoms with Crippen molar-refractivity contribution in [2.24, 2.45) is 0 Å². The summed E-state index contributed by atoms with van der Waals surface area (Å²) >= 11 is 1.42. The van der Waals surface area contributed by atoms with E-state index in [0.29, 0.717) is 29.8 Å². The first-order valence-corrected chi connectivity index (χ1v) is 14.3. The minimum Gasteiger partial charge on any atom is -0.486 e. The van der Waals surface area contributed by atoms with Gasteiger partial charge in [0.05, 0.1) is 5.75 Å². The number of rotatable bonds is 8. The van der Waals surface area contributed by atoms with Gasteiger partial charge in [-0.1, -0.05) is 81.1 Å². The Bertz CT molecular complexity index is 1360. The molecule has 0 spiro atoms. The van der Waals surface area contributed by atoms with Crippen LogP contribution in [-0.4, -0.2) is 57.5 Å². The predicted molar refractivity (Wildman–Crippen MR) is 157 cm³/mol. The van der Waals surface area contributed by atoms with Gasteiger partial charge in [-0.25, -0.2) is 0 Å². The number of carbonyl (C=O) groups is 1. The Labute approximate surface area is 234 Å². The normalized spacial score (nSPS) is 13.9. The minimum atomic E-state index is 0.0883. The Kier molecular flexibility index (Phi) is 8.21. The Morgan fingerprint density at radius 3 is 2.05 bits per heavy atom. The molecule has 1 aliphatic heterocycles. The lowest BCUT2D eigenvalue weighted by atomic mass is 9.87. The molecule has 0 radical (unpaired) electrons. The first-order chi connectivity index (χ1) is 18.9. The van der Waals surface area contributed by atoms with Crippen LogP contribution in [0.4, 0.5) is 5.69 Å². The van der Waals surface area contributed by atoms with E-state index in [1.807, 2.05) is 70.1 Å². The van der Waals surface area contributed by atoms with Crippen molar-refractivity contribution in [3.05, 3.63) is 96.3 Å². The molecule has 202 valence electrons. The second-order valence-corrected chi connectivity index (χ2v) is 11.6. The van der Waals surface area contributed by atoms with Crippen LogP contribution in [0, 0.1) is 0 Å². The molecule has 0 unspecified atom stereocenters. The number of benzene rings is 3. The van der Waals surface area contributed by atoms with Crippen molar-refractivity contribution >= 4 is 23.4 Å². The molecule has 4 aromatic rings. The zero-order chi connectivity index (χ0) is 27.2. The molecule has 0 N–H and O–H groups in total. The van der Waals surface area contributed by atoms with Crippen LogP contribution < -0.4 is 9.64 Å². The van der Waals surface area contributed by atoms with Crippen molar-refractivity contribution in [3.63, 3.8) is 0 Å². The number of piperazine rings is 1. The van der Waals surface area contributed by atoms with Gasteiger partial charge >= 0.3 is 0 Å².